The van der Waals surface area contributed by atoms with Gasteiger partial charge in [-0.3, -0.25) is 14.5 Å². The molecule has 9 heteroatoms. The van der Waals surface area contributed by atoms with Gasteiger partial charge in [0.25, 0.3) is 5.91 Å². The van der Waals surface area contributed by atoms with Crippen molar-refractivity contribution in [2.45, 2.75) is 38.0 Å². The van der Waals surface area contributed by atoms with Gasteiger partial charge in [0.1, 0.15) is 18.6 Å². The summed E-state index contributed by atoms with van der Waals surface area (Å²) in [6.45, 7) is -0.695. The smallest absolute Gasteiger partial charge is 0.328 e. The molecule has 2 aromatic carbocycles. The minimum atomic E-state index is -4.63. The van der Waals surface area contributed by atoms with Gasteiger partial charge in [0, 0.05) is 6.54 Å². The highest BCUT2D eigenvalue weighted by Gasteiger charge is 2.52. The van der Waals surface area contributed by atoms with Crippen LogP contribution < -0.4 is 5.32 Å². The molecule has 0 aliphatic carbocycles. The van der Waals surface area contributed by atoms with Gasteiger partial charge in [-0.2, -0.15) is 13.2 Å². The van der Waals surface area contributed by atoms with E-state index in [1.165, 1.54) is 0 Å². The first kappa shape index (κ1) is 23.3. The lowest BCUT2D eigenvalue weighted by Gasteiger charge is -2.28. The Balaban J connectivity index is 1.84. The molecule has 0 bridgehead atoms. The maximum absolute atomic E-state index is 13.3. The molecular weight excluding hydrogens is 423 g/mol. The van der Waals surface area contributed by atoms with E-state index in [1.807, 2.05) is 6.92 Å². The van der Waals surface area contributed by atoms with Gasteiger partial charge in [-0.15, -0.1) is 0 Å². The highest BCUT2D eigenvalue weighted by atomic mass is 19.4. The largest absolute Gasteiger partial charge is 0.406 e. The number of rotatable bonds is 8. The molecule has 1 saturated heterocycles. The highest BCUT2D eigenvalue weighted by molar-refractivity contribution is 6.09. The number of halogens is 3. The molecule has 1 N–H and O–H groups in total. The van der Waals surface area contributed by atoms with Gasteiger partial charge in [0.2, 0.25) is 5.91 Å². The lowest BCUT2D eigenvalue weighted by atomic mass is 9.85. The Bertz CT molecular complexity index is 967. The normalized spacial score (nSPS) is 18.6. The average Bonchev–Trinajstić information content (AvgIpc) is 2.99. The minimum absolute atomic E-state index is 0.290. The molecule has 0 radical (unpaired) electrons. The molecule has 1 heterocycles. The third-order valence-corrected chi connectivity index (χ3v) is 5.30. The number of nitrogens with one attached hydrogen (secondary N) is 1. The molecule has 0 aromatic heterocycles. The van der Waals surface area contributed by atoms with Gasteiger partial charge in [0.05, 0.1) is 0 Å². The van der Waals surface area contributed by atoms with Crippen molar-refractivity contribution in [2.24, 2.45) is 0 Å². The number of urea groups is 1. The number of hydrogen-bond acceptors (Lipinski definition) is 3. The first-order chi connectivity index (χ1) is 15.2. The van der Waals surface area contributed by atoms with Crippen molar-refractivity contribution < 1.29 is 27.6 Å². The van der Waals surface area contributed by atoms with E-state index in [2.05, 4.69) is 5.32 Å². The minimum Gasteiger partial charge on any atom is -0.328 e. The van der Waals surface area contributed by atoms with Gasteiger partial charge < -0.3 is 10.2 Å². The quantitative estimate of drug-likeness (QED) is 0.626. The number of carbonyl (C=O) groups is 3. The first-order valence-electron chi connectivity index (χ1n) is 10.2. The molecule has 4 amide bonds. The molecule has 1 unspecified atom stereocenters. The van der Waals surface area contributed by atoms with Gasteiger partial charge >= 0.3 is 12.2 Å². The summed E-state index contributed by atoms with van der Waals surface area (Å²) in [7, 11) is 0. The molecule has 1 aliphatic heterocycles. The second-order valence-corrected chi connectivity index (χ2v) is 7.69. The molecule has 1 fully saturated rings. The summed E-state index contributed by atoms with van der Waals surface area (Å²) in [5.74, 6) is -1.61. The van der Waals surface area contributed by atoms with E-state index in [4.69, 9.17) is 0 Å². The third-order valence-electron chi connectivity index (χ3n) is 5.30. The number of imide groups is 1. The molecule has 32 heavy (non-hydrogen) atoms. The number of hydrogen-bond donors (Lipinski definition) is 1. The van der Waals surface area contributed by atoms with Crippen molar-refractivity contribution in [1.29, 1.82) is 0 Å². The van der Waals surface area contributed by atoms with Crippen molar-refractivity contribution in [1.82, 2.24) is 15.1 Å². The first-order valence-corrected chi connectivity index (χ1v) is 10.2. The van der Waals surface area contributed by atoms with Gasteiger partial charge in [-0.05, 0) is 17.5 Å². The fourth-order valence-electron chi connectivity index (χ4n) is 3.86. The number of nitrogens with zero attached hydrogens (tertiary/aromatic N) is 2. The molecule has 170 valence electrons. The van der Waals surface area contributed by atoms with E-state index in [0.717, 1.165) is 0 Å². The Kier molecular flexibility index (Phi) is 6.86. The molecule has 1 aliphatic rings. The number of amides is 4. The summed E-state index contributed by atoms with van der Waals surface area (Å²) >= 11 is 0. The maximum atomic E-state index is 13.3. The average molecular weight is 447 g/mol. The highest BCUT2D eigenvalue weighted by Crippen LogP contribution is 2.33. The van der Waals surface area contributed by atoms with Crippen LogP contribution >= 0.6 is 0 Å². The van der Waals surface area contributed by atoms with E-state index < -0.39 is 42.7 Å². The standard InChI is InChI=1S/C23H24F3N3O3/c1-2-13-22(18-11-7-4-8-12-18)20(31)29(21(32)27-22)15-19(30)28(16-23(24,25)26)14-17-9-5-3-6-10-17/h3-12H,2,13-16H2,1H3,(H,27,32). The zero-order valence-corrected chi connectivity index (χ0v) is 17.6. The van der Waals surface area contributed by atoms with Crippen molar-refractivity contribution >= 4 is 17.8 Å². The second kappa shape index (κ2) is 9.42. The summed E-state index contributed by atoms with van der Waals surface area (Å²) < 4.78 is 39.4. The Morgan fingerprint density at radius 2 is 1.62 bits per heavy atom. The van der Waals surface area contributed by atoms with Crippen LogP contribution in [-0.4, -0.2) is 46.9 Å². The van der Waals surface area contributed by atoms with Crippen molar-refractivity contribution in [2.75, 3.05) is 13.1 Å². The molecule has 6 nitrogen and oxygen atoms in total. The predicted molar refractivity (Wildman–Crippen MR) is 111 cm³/mol. The number of benzene rings is 2. The van der Waals surface area contributed by atoms with Crippen molar-refractivity contribution in [3.8, 4) is 0 Å². The van der Waals surface area contributed by atoms with E-state index in [9.17, 15) is 27.6 Å². The van der Waals surface area contributed by atoms with Crippen LogP contribution in [0, 0.1) is 0 Å². The molecule has 2 aromatic rings. The molecule has 1 atom stereocenters. The van der Waals surface area contributed by atoms with Crippen molar-refractivity contribution in [3.63, 3.8) is 0 Å². The Morgan fingerprint density at radius 3 is 2.19 bits per heavy atom. The third kappa shape index (κ3) is 5.09. The van der Waals surface area contributed by atoms with Gasteiger partial charge in [-0.25, -0.2) is 4.79 Å². The van der Waals surface area contributed by atoms with Crippen molar-refractivity contribution in [3.05, 3.63) is 71.8 Å². The van der Waals surface area contributed by atoms with Crippen LogP contribution in [0.15, 0.2) is 60.7 Å². The SMILES string of the molecule is CCCC1(c2ccccc2)NC(=O)N(CC(=O)N(Cc2ccccc2)CC(F)(F)F)C1=O. The Hall–Kier alpha value is -3.36. The monoisotopic (exact) mass is 447 g/mol. The van der Waals surface area contributed by atoms with Crippen LogP contribution in [0.1, 0.15) is 30.9 Å². The summed E-state index contributed by atoms with van der Waals surface area (Å²) in [6.07, 6.45) is -3.77. The van der Waals surface area contributed by atoms with Crippen LogP contribution in [0.5, 0.6) is 0 Å². The maximum Gasteiger partial charge on any atom is 0.406 e. The molecule has 0 saturated carbocycles. The van der Waals surface area contributed by atoms with E-state index in [-0.39, 0.29) is 6.54 Å². The fraction of sp³-hybridized carbons (Fsp3) is 0.348. The van der Waals surface area contributed by atoms with Crippen LogP contribution in [0.2, 0.25) is 0 Å². The summed E-state index contributed by atoms with van der Waals surface area (Å²) in [4.78, 5) is 40.1. The lowest BCUT2D eigenvalue weighted by molar-refractivity contribution is -0.163. The molecular formula is C23H24F3N3O3. The summed E-state index contributed by atoms with van der Waals surface area (Å²) in [6, 6.07) is 16.0. The lowest BCUT2D eigenvalue weighted by Crippen LogP contribution is -2.47. The van der Waals surface area contributed by atoms with E-state index in [1.54, 1.807) is 60.7 Å². The van der Waals surface area contributed by atoms with E-state index in [0.29, 0.717) is 33.8 Å². The number of carbonyl (C=O) groups excluding carboxylic acids is 3. The Labute approximate surface area is 184 Å². The van der Waals surface area contributed by atoms with Gasteiger partial charge in [-0.1, -0.05) is 74.0 Å². The molecule has 0 spiro atoms. The second-order valence-electron chi connectivity index (χ2n) is 7.69. The van der Waals surface area contributed by atoms with Gasteiger partial charge in [0.15, 0.2) is 0 Å². The zero-order chi connectivity index (χ0) is 23.4. The molecule has 3 rings (SSSR count). The zero-order valence-electron chi connectivity index (χ0n) is 17.6. The van der Waals surface area contributed by atoms with Crippen LogP contribution in [0.25, 0.3) is 0 Å². The summed E-state index contributed by atoms with van der Waals surface area (Å²) in [5, 5.41) is 2.67. The fourth-order valence-corrected chi connectivity index (χ4v) is 3.86. The van der Waals surface area contributed by atoms with E-state index >= 15 is 0 Å². The van der Waals surface area contributed by atoms with Crippen LogP contribution in [0.4, 0.5) is 18.0 Å². The number of alkyl halides is 3. The predicted octanol–water partition coefficient (Wildman–Crippen LogP) is 3.82. The Morgan fingerprint density at radius 1 is 1.03 bits per heavy atom. The topological polar surface area (TPSA) is 69.7 Å². The summed E-state index contributed by atoms with van der Waals surface area (Å²) in [5.41, 5.74) is -0.278. The van der Waals surface area contributed by atoms with Crippen LogP contribution in [-0.2, 0) is 21.7 Å². The van der Waals surface area contributed by atoms with Crippen LogP contribution in [0.3, 0.4) is 0 Å².